The molecule has 6 unspecified atom stereocenters. The fourth-order valence-electron chi connectivity index (χ4n) is 7.96. The van der Waals surface area contributed by atoms with E-state index in [9.17, 15) is 42.3 Å². The van der Waals surface area contributed by atoms with Gasteiger partial charge in [0.25, 0.3) is 11.8 Å². The van der Waals surface area contributed by atoms with E-state index in [4.69, 9.17) is 39.5 Å². The maximum Gasteiger partial charge on any atom is 0.258 e. The molecule has 1 saturated carbocycles. The van der Waals surface area contributed by atoms with Crippen LogP contribution in [0.25, 0.3) is 0 Å². The Morgan fingerprint density at radius 2 is 1.46 bits per heavy atom. The minimum Gasteiger partial charge on any atom is -0.503 e. The summed E-state index contributed by atoms with van der Waals surface area (Å²) in [5, 5.41) is 10.2. The fourth-order valence-corrected chi connectivity index (χ4v) is 9.11. The van der Waals surface area contributed by atoms with Crippen LogP contribution in [-0.2, 0) is 19.2 Å². The van der Waals surface area contributed by atoms with Gasteiger partial charge >= 0.3 is 0 Å². The predicted octanol–water partition coefficient (Wildman–Crippen LogP) is 6.72. The molecule has 2 heterocycles. The monoisotopic (exact) mass is 782 g/mol. The molecule has 4 aliphatic rings. The SMILES string of the molecule is COc1cc(C2C3=CCC4C(=O)N(c5ccc(C(C)=O)cc5)C(=O)C4C3CC3(Cl)C(=O)N(c4c(F)c(F)c(F)c(F)c4F)C(=O)C23Cl)cc(Cl)c1O. The van der Waals surface area contributed by atoms with E-state index in [-0.39, 0.29) is 44.7 Å². The number of fused-ring (bicyclic) bond motifs is 4. The largest absolute Gasteiger partial charge is 0.503 e. The number of halogens is 8. The van der Waals surface area contributed by atoms with E-state index >= 15 is 8.78 Å². The van der Waals surface area contributed by atoms with Gasteiger partial charge in [-0.15, -0.1) is 23.2 Å². The van der Waals surface area contributed by atoms with Gasteiger partial charge in [-0.1, -0.05) is 23.3 Å². The summed E-state index contributed by atoms with van der Waals surface area (Å²) < 4.78 is 78.7. The number of methoxy groups -OCH3 is 1. The van der Waals surface area contributed by atoms with Crippen molar-refractivity contribution in [2.45, 2.75) is 35.4 Å². The first-order valence-corrected chi connectivity index (χ1v) is 16.6. The number of rotatable bonds is 5. The molecule has 1 N–H and O–H groups in total. The summed E-state index contributed by atoms with van der Waals surface area (Å²) in [6.07, 6.45) is 0.697. The third kappa shape index (κ3) is 4.56. The zero-order valence-corrected chi connectivity index (χ0v) is 28.8. The third-order valence-corrected chi connectivity index (χ3v) is 12.1. The molecular formula is C35H22Cl3F5N2O7. The molecule has 0 radical (unpaired) electrons. The number of aromatic hydroxyl groups is 1. The van der Waals surface area contributed by atoms with Crippen LogP contribution in [0.4, 0.5) is 33.3 Å². The Balaban J connectivity index is 1.43. The van der Waals surface area contributed by atoms with Gasteiger partial charge < -0.3 is 9.84 Å². The highest BCUT2D eigenvalue weighted by Gasteiger charge is 2.77. The number of carbonyl (C=O) groups is 5. The number of allylic oxidation sites excluding steroid dienone is 2. The molecule has 17 heteroatoms. The number of amides is 4. The normalized spacial score (nSPS) is 28.2. The number of hydrogen-bond donors (Lipinski definition) is 1. The van der Waals surface area contributed by atoms with Crippen molar-refractivity contribution >= 4 is 75.6 Å². The molecule has 0 aromatic heterocycles. The van der Waals surface area contributed by atoms with Gasteiger partial charge in [0, 0.05) is 11.5 Å². The zero-order valence-electron chi connectivity index (χ0n) is 26.6. The van der Waals surface area contributed by atoms with Gasteiger partial charge in [-0.25, -0.2) is 26.9 Å². The number of benzene rings is 3. The van der Waals surface area contributed by atoms with Crippen LogP contribution >= 0.6 is 34.8 Å². The first-order valence-electron chi connectivity index (χ1n) is 15.5. The molecule has 270 valence electrons. The van der Waals surface area contributed by atoms with Gasteiger partial charge in [0.1, 0.15) is 5.69 Å². The average molecular weight is 784 g/mol. The van der Waals surface area contributed by atoms with Crippen molar-refractivity contribution in [1.29, 1.82) is 0 Å². The number of phenolic OH excluding ortho intramolecular Hbond substituents is 1. The third-order valence-electron chi connectivity index (χ3n) is 10.4. The summed E-state index contributed by atoms with van der Waals surface area (Å²) in [7, 11) is 1.17. The highest BCUT2D eigenvalue weighted by atomic mass is 35.5. The van der Waals surface area contributed by atoms with Crippen LogP contribution in [-0.4, -0.2) is 51.4 Å². The number of ether oxygens (including phenoxy) is 1. The van der Waals surface area contributed by atoms with Crippen LogP contribution in [0, 0.1) is 46.8 Å². The first-order chi connectivity index (χ1) is 24.4. The van der Waals surface area contributed by atoms with Crippen molar-refractivity contribution < 1.29 is 55.8 Å². The van der Waals surface area contributed by atoms with Crippen LogP contribution in [0.1, 0.15) is 41.6 Å². The van der Waals surface area contributed by atoms with Gasteiger partial charge in [-0.05, 0) is 67.6 Å². The number of imide groups is 2. The van der Waals surface area contributed by atoms with Gasteiger partial charge in [0.15, 0.2) is 50.3 Å². The topological polar surface area (TPSA) is 121 Å². The Morgan fingerprint density at radius 1 is 0.865 bits per heavy atom. The second-order valence-corrected chi connectivity index (χ2v) is 14.5. The van der Waals surface area contributed by atoms with Gasteiger partial charge in [0.05, 0.1) is 29.7 Å². The second kappa shape index (κ2) is 12.0. The summed E-state index contributed by atoms with van der Waals surface area (Å²) in [6.45, 7) is 1.33. The van der Waals surface area contributed by atoms with E-state index in [1.165, 1.54) is 50.4 Å². The van der Waals surface area contributed by atoms with Gasteiger partial charge in [-0.2, -0.15) is 0 Å². The van der Waals surface area contributed by atoms with E-state index in [1.54, 1.807) is 0 Å². The number of anilines is 2. The molecule has 3 aromatic rings. The molecule has 52 heavy (non-hydrogen) atoms. The number of Topliss-reactive ketones (excluding diaryl/α,β-unsaturated/α-hetero) is 1. The van der Waals surface area contributed by atoms with Crippen molar-refractivity contribution in [3.05, 3.63) is 93.3 Å². The number of nitrogens with zero attached hydrogens (tertiary/aromatic N) is 2. The summed E-state index contributed by atoms with van der Waals surface area (Å²) in [6, 6.07) is 7.99. The molecule has 4 amide bonds. The Kier molecular flexibility index (Phi) is 8.28. The molecule has 9 nitrogen and oxygen atoms in total. The summed E-state index contributed by atoms with van der Waals surface area (Å²) in [4.78, 5) is 63.7. The summed E-state index contributed by atoms with van der Waals surface area (Å²) in [5.41, 5.74) is -1.35. The first kappa shape index (κ1) is 35.9. The van der Waals surface area contributed by atoms with Crippen LogP contribution < -0.4 is 14.5 Å². The fraction of sp³-hybridized carbons (Fsp3) is 0.286. The van der Waals surface area contributed by atoms with Crippen molar-refractivity contribution in [2.24, 2.45) is 17.8 Å². The number of ketones is 1. The quantitative estimate of drug-likeness (QED) is 0.0581. The lowest BCUT2D eigenvalue weighted by atomic mass is 9.56. The smallest absolute Gasteiger partial charge is 0.258 e. The highest BCUT2D eigenvalue weighted by Crippen LogP contribution is 2.66. The molecule has 6 atom stereocenters. The van der Waals surface area contributed by atoms with E-state index in [1.807, 2.05) is 0 Å². The molecule has 3 fully saturated rings. The minimum atomic E-state index is -2.79. The van der Waals surface area contributed by atoms with E-state index in [0.717, 1.165) is 11.0 Å². The lowest BCUT2D eigenvalue weighted by Crippen LogP contribution is -2.60. The predicted molar refractivity (Wildman–Crippen MR) is 175 cm³/mol. The zero-order chi connectivity index (χ0) is 37.9. The maximum atomic E-state index is 15.3. The number of alkyl halides is 2. The Hall–Kier alpha value is -4.53. The van der Waals surface area contributed by atoms with E-state index < -0.39 is 104 Å². The molecule has 2 aliphatic carbocycles. The van der Waals surface area contributed by atoms with Crippen LogP contribution in [0.3, 0.4) is 0 Å². The Labute approximate surface area is 305 Å². The van der Waals surface area contributed by atoms with Crippen molar-refractivity contribution in [3.63, 3.8) is 0 Å². The van der Waals surface area contributed by atoms with Crippen molar-refractivity contribution in [2.75, 3.05) is 16.9 Å². The van der Waals surface area contributed by atoms with Crippen molar-refractivity contribution in [3.8, 4) is 11.5 Å². The minimum absolute atomic E-state index is 0.0528. The van der Waals surface area contributed by atoms with Crippen LogP contribution in [0.5, 0.6) is 11.5 Å². The van der Waals surface area contributed by atoms with Gasteiger partial charge in [-0.3, -0.25) is 28.9 Å². The average Bonchev–Trinajstić information content (AvgIpc) is 3.45. The molecule has 0 bridgehead atoms. The van der Waals surface area contributed by atoms with E-state index in [2.05, 4.69) is 0 Å². The highest BCUT2D eigenvalue weighted by molar-refractivity contribution is 6.58. The molecular weight excluding hydrogens is 762 g/mol. The molecule has 3 aromatic carbocycles. The second-order valence-electron chi connectivity index (χ2n) is 12.9. The van der Waals surface area contributed by atoms with E-state index in [0.29, 0.717) is 5.56 Å². The Bertz CT molecular complexity index is 2190. The van der Waals surface area contributed by atoms with Crippen LogP contribution in [0.15, 0.2) is 48.0 Å². The molecule has 2 aliphatic heterocycles. The lowest BCUT2D eigenvalue weighted by molar-refractivity contribution is -0.125. The Morgan fingerprint density at radius 3 is 2.04 bits per heavy atom. The van der Waals surface area contributed by atoms with Crippen LogP contribution in [0.2, 0.25) is 5.02 Å². The summed E-state index contributed by atoms with van der Waals surface area (Å²) >= 11 is 20.6. The lowest BCUT2D eigenvalue weighted by Gasteiger charge is -2.50. The molecule has 2 saturated heterocycles. The number of phenols is 1. The number of carbonyl (C=O) groups excluding carboxylic acids is 5. The standard InChI is InChI=1S/C35H22Cl3F5N2O7/c1-12(46)13-3-5-15(6-4-13)44-30(48)17-8-7-16-18(21(17)31(44)49)11-34(37)32(50)45(28-26(42)24(40)23(39)25(41)27(28)43)33(51)35(34,38)22(16)14-9-19(36)29(47)20(10-14)52-2/h3-7,9-10,17-18,21-22,47H,8,11H2,1-2H3. The molecule has 0 spiro atoms. The van der Waals surface area contributed by atoms with Crippen molar-refractivity contribution in [1.82, 2.24) is 0 Å². The summed E-state index contributed by atoms with van der Waals surface area (Å²) in [5.74, 6) is -23.3. The van der Waals surface area contributed by atoms with Gasteiger partial charge in [0.2, 0.25) is 17.6 Å². The molecule has 7 rings (SSSR count). The number of hydrogen-bond acceptors (Lipinski definition) is 7. The maximum absolute atomic E-state index is 15.3.